The number of anilines is 1. The molecule has 1 spiro atoms. The van der Waals surface area contributed by atoms with Crippen LogP contribution in [0.25, 0.3) is 6.08 Å². The fourth-order valence-corrected chi connectivity index (χ4v) is 4.91. The lowest BCUT2D eigenvalue weighted by molar-refractivity contribution is -0.127. The third-order valence-corrected chi connectivity index (χ3v) is 6.99. The summed E-state index contributed by atoms with van der Waals surface area (Å²) in [5.74, 6) is 1.50. The van der Waals surface area contributed by atoms with E-state index in [1.807, 2.05) is 40.6 Å². The molecule has 1 atom stereocenters. The van der Waals surface area contributed by atoms with Crippen molar-refractivity contribution in [2.24, 2.45) is 11.3 Å². The second kappa shape index (κ2) is 7.22. The maximum Gasteiger partial charge on any atom is 0.246 e. The van der Waals surface area contributed by atoms with Crippen molar-refractivity contribution in [2.75, 3.05) is 25.2 Å². The molecule has 1 saturated heterocycles. The molecule has 1 saturated carbocycles. The molecule has 1 N–H and O–H groups in total. The summed E-state index contributed by atoms with van der Waals surface area (Å²) in [5, 5.41) is 5.01. The summed E-state index contributed by atoms with van der Waals surface area (Å²) in [4.78, 5) is 28.1. The number of thiophene rings is 1. The molecule has 7 heteroatoms. The van der Waals surface area contributed by atoms with Crippen molar-refractivity contribution in [2.45, 2.75) is 19.3 Å². The van der Waals surface area contributed by atoms with Crippen molar-refractivity contribution in [1.29, 1.82) is 0 Å². The lowest BCUT2D eigenvalue weighted by Crippen LogP contribution is -2.39. The Kier molecular flexibility index (Phi) is 4.54. The summed E-state index contributed by atoms with van der Waals surface area (Å²) in [5.41, 5.74) is 0.780. The van der Waals surface area contributed by atoms with Crippen LogP contribution in [0.2, 0.25) is 0 Å². The van der Waals surface area contributed by atoms with Crippen LogP contribution in [-0.2, 0) is 9.59 Å². The van der Waals surface area contributed by atoms with E-state index in [1.54, 1.807) is 23.5 Å². The highest BCUT2D eigenvalue weighted by Crippen LogP contribution is 2.59. The highest BCUT2D eigenvalue weighted by molar-refractivity contribution is 7.10. The number of hydrogen-bond donors (Lipinski definition) is 1. The third kappa shape index (κ3) is 3.62. The molecule has 6 nitrogen and oxygen atoms in total. The van der Waals surface area contributed by atoms with Gasteiger partial charge in [-0.3, -0.25) is 9.59 Å². The Morgan fingerprint density at radius 1 is 1.17 bits per heavy atom. The van der Waals surface area contributed by atoms with Gasteiger partial charge in [0.2, 0.25) is 18.6 Å². The van der Waals surface area contributed by atoms with Crippen LogP contribution in [-0.4, -0.2) is 36.6 Å². The molecule has 1 aromatic heterocycles. The molecule has 0 bridgehead atoms. The second-order valence-electron chi connectivity index (χ2n) is 7.85. The standard InChI is InChI=1S/C22H22N2O4S/c25-20(6-4-16-2-1-11-29-16)24-9-7-22(8-10-24)13-17(22)21(26)23-15-3-5-18-19(12-15)28-14-27-18/h1-6,11-12,17H,7-10,13-14H2,(H,23,26)/b6-4+/t17-/m0/s1. The molecule has 2 aliphatic heterocycles. The van der Waals surface area contributed by atoms with E-state index in [2.05, 4.69) is 5.32 Å². The van der Waals surface area contributed by atoms with Crippen LogP contribution in [0.15, 0.2) is 41.8 Å². The van der Waals surface area contributed by atoms with Crippen LogP contribution < -0.4 is 14.8 Å². The topological polar surface area (TPSA) is 67.9 Å². The number of carbonyl (C=O) groups excluding carboxylic acids is 2. The van der Waals surface area contributed by atoms with Gasteiger partial charge in [-0.2, -0.15) is 0 Å². The maximum atomic E-state index is 12.7. The van der Waals surface area contributed by atoms with Crippen LogP contribution in [0.4, 0.5) is 5.69 Å². The summed E-state index contributed by atoms with van der Waals surface area (Å²) in [6.07, 6.45) is 6.18. The fourth-order valence-electron chi connectivity index (χ4n) is 4.29. The van der Waals surface area contributed by atoms with Crippen molar-refractivity contribution in [3.63, 3.8) is 0 Å². The van der Waals surface area contributed by atoms with Gasteiger partial charge >= 0.3 is 0 Å². The maximum absolute atomic E-state index is 12.7. The minimum Gasteiger partial charge on any atom is -0.454 e. The number of rotatable bonds is 4. The Balaban J connectivity index is 1.14. The molecule has 1 aromatic carbocycles. The number of hydrogen-bond acceptors (Lipinski definition) is 5. The van der Waals surface area contributed by atoms with Crippen molar-refractivity contribution in [1.82, 2.24) is 4.90 Å². The zero-order valence-corrected chi connectivity index (χ0v) is 16.7. The predicted octanol–water partition coefficient (Wildman–Crippen LogP) is 3.76. The molecule has 3 aliphatic rings. The van der Waals surface area contributed by atoms with Crippen LogP contribution in [0, 0.1) is 11.3 Å². The van der Waals surface area contributed by atoms with E-state index in [1.165, 1.54) is 0 Å². The smallest absolute Gasteiger partial charge is 0.246 e. The lowest BCUT2D eigenvalue weighted by Gasteiger charge is -2.32. The van der Waals surface area contributed by atoms with Gasteiger partial charge in [0.25, 0.3) is 0 Å². The SMILES string of the molecule is O=C(Nc1ccc2c(c1)OCO2)[C@@H]1CC12CCN(C(=O)/C=C/c1cccs1)CC2. The number of likely N-dealkylation sites (tertiary alicyclic amines) is 1. The number of ether oxygens (including phenoxy) is 2. The van der Waals surface area contributed by atoms with Crippen LogP contribution in [0.1, 0.15) is 24.1 Å². The summed E-state index contributed by atoms with van der Waals surface area (Å²) in [7, 11) is 0. The van der Waals surface area contributed by atoms with Gasteiger partial charge in [0.15, 0.2) is 11.5 Å². The number of nitrogens with one attached hydrogen (secondary N) is 1. The summed E-state index contributed by atoms with van der Waals surface area (Å²) in [6, 6.07) is 9.42. The monoisotopic (exact) mass is 410 g/mol. The number of carbonyl (C=O) groups is 2. The lowest BCUT2D eigenvalue weighted by atomic mass is 9.90. The van der Waals surface area contributed by atoms with E-state index >= 15 is 0 Å². The highest BCUT2D eigenvalue weighted by atomic mass is 32.1. The average molecular weight is 410 g/mol. The van der Waals surface area contributed by atoms with E-state index in [0.717, 1.165) is 29.8 Å². The van der Waals surface area contributed by atoms with Crippen molar-refractivity contribution >= 4 is 34.9 Å². The van der Waals surface area contributed by atoms with Gasteiger partial charge in [-0.05, 0) is 54.3 Å². The molecule has 2 fully saturated rings. The number of piperidine rings is 1. The van der Waals surface area contributed by atoms with Gasteiger partial charge < -0.3 is 19.7 Å². The van der Waals surface area contributed by atoms with Gasteiger partial charge in [0, 0.05) is 41.7 Å². The first-order valence-corrected chi connectivity index (χ1v) is 10.7. The Bertz CT molecular complexity index is 961. The predicted molar refractivity (Wildman–Crippen MR) is 111 cm³/mol. The van der Waals surface area contributed by atoms with E-state index in [0.29, 0.717) is 24.6 Å². The van der Waals surface area contributed by atoms with Crippen molar-refractivity contribution < 1.29 is 19.1 Å². The number of benzene rings is 1. The first-order valence-electron chi connectivity index (χ1n) is 9.84. The quantitative estimate of drug-likeness (QED) is 0.780. The first kappa shape index (κ1) is 18.2. The van der Waals surface area contributed by atoms with Gasteiger partial charge in [0.1, 0.15) is 0 Å². The zero-order chi connectivity index (χ0) is 19.8. The van der Waals surface area contributed by atoms with Crippen LogP contribution >= 0.6 is 11.3 Å². The number of amides is 2. The minimum atomic E-state index is 0.0202. The van der Waals surface area contributed by atoms with E-state index < -0.39 is 0 Å². The van der Waals surface area contributed by atoms with Gasteiger partial charge in [-0.25, -0.2) is 0 Å². The zero-order valence-electron chi connectivity index (χ0n) is 15.9. The van der Waals surface area contributed by atoms with Crippen molar-refractivity contribution in [3.8, 4) is 11.5 Å². The Hall–Kier alpha value is -2.80. The van der Waals surface area contributed by atoms with Gasteiger partial charge in [-0.15, -0.1) is 11.3 Å². The Morgan fingerprint density at radius 2 is 2.00 bits per heavy atom. The summed E-state index contributed by atoms with van der Waals surface area (Å²) < 4.78 is 10.7. The number of fused-ring (bicyclic) bond motifs is 1. The molecule has 2 amide bonds. The highest BCUT2D eigenvalue weighted by Gasteiger charge is 2.58. The molecule has 29 heavy (non-hydrogen) atoms. The van der Waals surface area contributed by atoms with E-state index in [-0.39, 0.29) is 29.9 Å². The van der Waals surface area contributed by atoms with E-state index in [4.69, 9.17) is 9.47 Å². The number of nitrogens with zero attached hydrogens (tertiary/aromatic N) is 1. The summed E-state index contributed by atoms with van der Waals surface area (Å²) >= 11 is 1.62. The first-order chi connectivity index (χ1) is 14.1. The van der Waals surface area contributed by atoms with Gasteiger partial charge in [0.05, 0.1) is 0 Å². The Morgan fingerprint density at radius 3 is 2.79 bits per heavy atom. The molecule has 1 aliphatic carbocycles. The molecule has 0 radical (unpaired) electrons. The molecular weight excluding hydrogens is 388 g/mol. The largest absolute Gasteiger partial charge is 0.454 e. The third-order valence-electron chi connectivity index (χ3n) is 6.15. The second-order valence-corrected chi connectivity index (χ2v) is 8.83. The normalized spacial score (nSPS) is 21.5. The minimum absolute atomic E-state index is 0.0202. The molecule has 3 heterocycles. The molecule has 150 valence electrons. The molecule has 5 rings (SSSR count). The fraction of sp³-hybridized carbons (Fsp3) is 0.364. The molecule has 0 unspecified atom stereocenters. The molecular formula is C22H22N2O4S. The van der Waals surface area contributed by atoms with Crippen LogP contribution in [0.5, 0.6) is 11.5 Å². The van der Waals surface area contributed by atoms with E-state index in [9.17, 15) is 9.59 Å². The average Bonchev–Trinajstić information content (AvgIpc) is 3.09. The Labute approximate surface area is 173 Å². The molecule has 2 aromatic rings. The summed E-state index contributed by atoms with van der Waals surface area (Å²) in [6.45, 7) is 1.64. The van der Waals surface area contributed by atoms with Crippen molar-refractivity contribution in [3.05, 3.63) is 46.7 Å². The van der Waals surface area contributed by atoms with Gasteiger partial charge in [-0.1, -0.05) is 6.07 Å². The van der Waals surface area contributed by atoms with Crippen LogP contribution in [0.3, 0.4) is 0 Å².